The first-order chi connectivity index (χ1) is 9.92. The molecule has 0 radical (unpaired) electrons. The Labute approximate surface area is 124 Å². The van der Waals surface area contributed by atoms with Crippen LogP contribution in [0.15, 0.2) is 30.3 Å². The van der Waals surface area contributed by atoms with E-state index in [4.69, 9.17) is 0 Å². The number of aliphatic carboxylic acids is 1. The average molecular weight is 309 g/mol. The fraction of sp³-hybridized carbons (Fsp3) is 0.533. The van der Waals surface area contributed by atoms with Crippen LogP contribution in [0.5, 0.6) is 0 Å². The van der Waals surface area contributed by atoms with E-state index in [0.29, 0.717) is 5.92 Å². The van der Waals surface area contributed by atoms with Crippen LogP contribution in [0.1, 0.15) is 30.7 Å². The number of rotatable bonds is 4. The van der Waals surface area contributed by atoms with Gasteiger partial charge in [0.2, 0.25) is 0 Å². The summed E-state index contributed by atoms with van der Waals surface area (Å²) in [5, 5.41) is 12.8. The number of hydrogen-bond acceptors (Lipinski definition) is 4. The third kappa shape index (κ3) is 2.96. The summed E-state index contributed by atoms with van der Waals surface area (Å²) in [6.07, 6.45) is 1.22. The number of carbonyl (C=O) groups is 1. The van der Waals surface area contributed by atoms with Crippen LogP contribution >= 0.6 is 0 Å². The molecule has 1 heterocycles. The minimum Gasteiger partial charge on any atom is -0.480 e. The first-order valence-corrected chi connectivity index (χ1v) is 9.00. The Morgan fingerprint density at radius 1 is 1.19 bits per heavy atom. The quantitative estimate of drug-likeness (QED) is 0.872. The zero-order valence-electron chi connectivity index (χ0n) is 11.7. The topological polar surface area (TPSA) is 83.5 Å². The number of hydrogen-bond donors (Lipinski definition) is 2. The second kappa shape index (κ2) is 5.10. The highest BCUT2D eigenvalue weighted by Gasteiger charge is 2.49. The van der Waals surface area contributed by atoms with Crippen molar-refractivity contribution in [3.63, 3.8) is 0 Å². The van der Waals surface area contributed by atoms with Gasteiger partial charge < -0.3 is 5.11 Å². The van der Waals surface area contributed by atoms with Crippen LogP contribution in [0.2, 0.25) is 0 Å². The summed E-state index contributed by atoms with van der Waals surface area (Å²) >= 11 is 0. The van der Waals surface area contributed by atoms with Gasteiger partial charge in [-0.05, 0) is 24.8 Å². The van der Waals surface area contributed by atoms with E-state index in [-0.39, 0.29) is 30.4 Å². The highest BCUT2D eigenvalue weighted by Crippen LogP contribution is 2.43. The SMILES string of the molecule is O=C(O)C1(NC2CC2c2ccccc2)CCS(=O)(=O)CC1. The first-order valence-electron chi connectivity index (χ1n) is 7.18. The van der Waals surface area contributed by atoms with E-state index in [9.17, 15) is 18.3 Å². The highest BCUT2D eigenvalue weighted by molar-refractivity contribution is 7.91. The Kier molecular flexibility index (Phi) is 3.53. The summed E-state index contributed by atoms with van der Waals surface area (Å²) in [6, 6.07) is 10.1. The zero-order valence-corrected chi connectivity index (χ0v) is 12.5. The third-order valence-electron chi connectivity index (χ3n) is 4.57. The third-order valence-corrected chi connectivity index (χ3v) is 6.22. The minimum absolute atomic E-state index is 0.0466. The lowest BCUT2D eigenvalue weighted by molar-refractivity contribution is -0.145. The summed E-state index contributed by atoms with van der Waals surface area (Å²) in [4.78, 5) is 11.6. The summed E-state index contributed by atoms with van der Waals surface area (Å²) in [6.45, 7) is 0. The molecule has 1 aromatic rings. The van der Waals surface area contributed by atoms with Gasteiger partial charge in [0.15, 0.2) is 0 Å². The van der Waals surface area contributed by atoms with E-state index >= 15 is 0 Å². The molecule has 21 heavy (non-hydrogen) atoms. The molecule has 5 nitrogen and oxygen atoms in total. The van der Waals surface area contributed by atoms with Gasteiger partial charge in [0, 0.05) is 12.0 Å². The van der Waals surface area contributed by atoms with Crippen molar-refractivity contribution in [3.05, 3.63) is 35.9 Å². The average Bonchev–Trinajstić information content (AvgIpc) is 3.21. The predicted molar refractivity (Wildman–Crippen MR) is 79.0 cm³/mol. The van der Waals surface area contributed by atoms with E-state index < -0.39 is 21.3 Å². The van der Waals surface area contributed by atoms with Gasteiger partial charge in [-0.15, -0.1) is 0 Å². The van der Waals surface area contributed by atoms with Crippen molar-refractivity contribution in [2.45, 2.75) is 36.8 Å². The van der Waals surface area contributed by atoms with Gasteiger partial charge in [0.1, 0.15) is 15.4 Å². The molecule has 1 aliphatic carbocycles. The fourth-order valence-electron chi connectivity index (χ4n) is 3.08. The van der Waals surface area contributed by atoms with Crippen molar-refractivity contribution in [2.24, 2.45) is 0 Å². The van der Waals surface area contributed by atoms with Crippen LogP contribution in [0.3, 0.4) is 0 Å². The Morgan fingerprint density at radius 3 is 2.38 bits per heavy atom. The lowest BCUT2D eigenvalue weighted by Gasteiger charge is -2.34. The normalized spacial score (nSPS) is 29.7. The molecule has 0 aromatic heterocycles. The molecule has 2 N–H and O–H groups in total. The van der Waals surface area contributed by atoms with Crippen molar-refractivity contribution in [2.75, 3.05) is 11.5 Å². The van der Waals surface area contributed by atoms with Crippen molar-refractivity contribution in [3.8, 4) is 0 Å². The smallest absolute Gasteiger partial charge is 0.323 e. The molecule has 3 rings (SSSR count). The van der Waals surface area contributed by atoms with Crippen molar-refractivity contribution in [1.29, 1.82) is 0 Å². The van der Waals surface area contributed by atoms with Crippen LogP contribution in [-0.2, 0) is 14.6 Å². The zero-order chi connectivity index (χ0) is 15.1. The van der Waals surface area contributed by atoms with E-state index in [1.54, 1.807) is 0 Å². The molecular weight excluding hydrogens is 290 g/mol. The van der Waals surface area contributed by atoms with Crippen LogP contribution in [0.4, 0.5) is 0 Å². The molecule has 0 bridgehead atoms. The molecule has 1 aromatic carbocycles. The number of sulfone groups is 1. The van der Waals surface area contributed by atoms with E-state index in [0.717, 1.165) is 6.42 Å². The van der Waals surface area contributed by atoms with Crippen molar-refractivity contribution in [1.82, 2.24) is 5.32 Å². The number of carboxylic acids is 1. The second-order valence-electron chi connectivity index (χ2n) is 6.04. The molecule has 114 valence electrons. The molecule has 1 aliphatic heterocycles. The fourth-order valence-corrected chi connectivity index (χ4v) is 4.61. The Bertz CT molecular complexity index is 627. The lowest BCUT2D eigenvalue weighted by atomic mass is 9.92. The number of nitrogens with one attached hydrogen (secondary N) is 1. The maximum Gasteiger partial charge on any atom is 0.323 e. The molecule has 1 saturated carbocycles. The standard InChI is InChI=1S/C15H19NO4S/c17-14(18)15(6-8-21(19,20)9-7-15)16-13-10-12(13)11-4-2-1-3-5-11/h1-5,12-13,16H,6-10H2,(H,17,18). The Balaban J connectivity index is 1.70. The van der Waals surface area contributed by atoms with Gasteiger partial charge in [-0.25, -0.2) is 8.42 Å². The van der Waals surface area contributed by atoms with E-state index in [1.807, 2.05) is 30.3 Å². The Morgan fingerprint density at radius 2 is 1.81 bits per heavy atom. The molecule has 6 heteroatoms. The van der Waals surface area contributed by atoms with Gasteiger partial charge in [-0.3, -0.25) is 10.1 Å². The second-order valence-corrected chi connectivity index (χ2v) is 8.35. The summed E-state index contributed by atoms with van der Waals surface area (Å²) in [5.41, 5.74) is 0.124. The molecule has 0 spiro atoms. The lowest BCUT2D eigenvalue weighted by Crippen LogP contribution is -2.57. The molecule has 0 amide bonds. The molecule has 2 atom stereocenters. The largest absolute Gasteiger partial charge is 0.480 e. The maximum atomic E-state index is 11.6. The van der Waals surface area contributed by atoms with Gasteiger partial charge >= 0.3 is 5.97 Å². The molecule has 1 saturated heterocycles. The van der Waals surface area contributed by atoms with Crippen molar-refractivity contribution >= 4 is 15.8 Å². The van der Waals surface area contributed by atoms with Gasteiger partial charge in [0.25, 0.3) is 0 Å². The summed E-state index contributed by atoms with van der Waals surface area (Å²) < 4.78 is 23.1. The first kappa shape index (κ1) is 14.5. The van der Waals surface area contributed by atoms with Crippen LogP contribution < -0.4 is 5.32 Å². The summed E-state index contributed by atoms with van der Waals surface area (Å²) in [5.74, 6) is -0.693. The van der Waals surface area contributed by atoms with Crippen LogP contribution in [0.25, 0.3) is 0 Å². The predicted octanol–water partition coefficient (Wildman–Crippen LogP) is 1.16. The van der Waals surface area contributed by atoms with Gasteiger partial charge in [-0.2, -0.15) is 0 Å². The number of carboxylic acid groups (broad SMARTS) is 1. The molecule has 2 aliphatic rings. The molecule has 2 unspecified atom stereocenters. The van der Waals surface area contributed by atoms with E-state index in [1.165, 1.54) is 5.56 Å². The van der Waals surface area contributed by atoms with Crippen LogP contribution in [0, 0.1) is 0 Å². The van der Waals surface area contributed by atoms with Gasteiger partial charge in [-0.1, -0.05) is 30.3 Å². The minimum atomic E-state index is -3.07. The molecular formula is C15H19NO4S. The van der Waals surface area contributed by atoms with E-state index in [2.05, 4.69) is 5.32 Å². The molecule has 2 fully saturated rings. The van der Waals surface area contributed by atoms with Crippen LogP contribution in [-0.4, -0.2) is 42.6 Å². The van der Waals surface area contributed by atoms with Gasteiger partial charge in [0.05, 0.1) is 11.5 Å². The Hall–Kier alpha value is -1.40. The number of benzene rings is 1. The van der Waals surface area contributed by atoms with Crippen molar-refractivity contribution < 1.29 is 18.3 Å². The monoisotopic (exact) mass is 309 g/mol. The maximum absolute atomic E-state index is 11.6. The summed E-state index contributed by atoms with van der Waals surface area (Å²) in [7, 11) is -3.07. The highest BCUT2D eigenvalue weighted by atomic mass is 32.2.